The second-order valence-electron chi connectivity index (χ2n) is 7.68. The molecule has 1 N–H and O–H groups in total. The summed E-state index contributed by atoms with van der Waals surface area (Å²) in [6.45, 7) is 10.3. The first-order valence-corrected chi connectivity index (χ1v) is 9.92. The molecule has 1 fully saturated rings. The second-order valence-corrected chi connectivity index (χ2v) is 7.68. The first kappa shape index (κ1) is 19.1. The van der Waals surface area contributed by atoms with Crippen LogP contribution in [0.15, 0.2) is 12.2 Å². The molecule has 26 heavy (non-hydrogen) atoms. The minimum Gasteiger partial charge on any atom is -0.370 e. The van der Waals surface area contributed by atoms with E-state index in [9.17, 15) is 4.79 Å². The SMILES string of the molecule is Cc1nn(C)c(C)c1C(=O)N(CC[NH+]1CCOCC1)C[C@@H]1CC=CCC1. The highest BCUT2D eigenvalue weighted by molar-refractivity contribution is 5.96. The van der Waals surface area contributed by atoms with Crippen molar-refractivity contribution >= 4 is 5.91 Å². The summed E-state index contributed by atoms with van der Waals surface area (Å²) < 4.78 is 7.28. The highest BCUT2D eigenvalue weighted by atomic mass is 16.5. The number of allylic oxidation sites excluding steroid dienone is 2. The molecule has 1 aliphatic carbocycles. The third kappa shape index (κ3) is 4.54. The van der Waals surface area contributed by atoms with E-state index in [0.29, 0.717) is 5.92 Å². The lowest BCUT2D eigenvalue weighted by Gasteiger charge is -2.31. The normalized spacial score (nSPS) is 21.1. The van der Waals surface area contributed by atoms with Crippen LogP contribution in [0.5, 0.6) is 0 Å². The van der Waals surface area contributed by atoms with Gasteiger partial charge in [0, 0.05) is 19.3 Å². The lowest BCUT2D eigenvalue weighted by Crippen LogP contribution is -3.14. The van der Waals surface area contributed by atoms with Gasteiger partial charge in [-0.05, 0) is 39.0 Å². The maximum absolute atomic E-state index is 13.4. The monoisotopic (exact) mass is 361 g/mol. The largest absolute Gasteiger partial charge is 0.370 e. The Morgan fingerprint density at radius 1 is 1.35 bits per heavy atom. The maximum Gasteiger partial charge on any atom is 0.257 e. The number of carbonyl (C=O) groups is 1. The van der Waals surface area contributed by atoms with Gasteiger partial charge in [0.15, 0.2) is 0 Å². The smallest absolute Gasteiger partial charge is 0.257 e. The molecule has 1 amide bonds. The lowest BCUT2D eigenvalue weighted by molar-refractivity contribution is -0.907. The van der Waals surface area contributed by atoms with Gasteiger partial charge in [-0.25, -0.2) is 0 Å². The van der Waals surface area contributed by atoms with Crippen LogP contribution in [0.1, 0.15) is 41.0 Å². The predicted molar refractivity (Wildman–Crippen MR) is 101 cm³/mol. The Morgan fingerprint density at radius 2 is 2.12 bits per heavy atom. The number of hydrogen-bond donors (Lipinski definition) is 1. The molecule has 2 heterocycles. The zero-order valence-electron chi connectivity index (χ0n) is 16.5. The standard InChI is InChI=1S/C20H32N4O2/c1-16-19(17(2)22(3)21-16)20(25)24(15-18-7-5-4-6-8-18)10-9-23-11-13-26-14-12-23/h4-5,18H,6-15H2,1-3H3/p+1/t18-/m1/s1. The van der Waals surface area contributed by atoms with Crippen LogP contribution in [-0.2, 0) is 11.8 Å². The second kappa shape index (κ2) is 8.82. The fraction of sp³-hybridized carbons (Fsp3) is 0.700. The highest BCUT2D eigenvalue weighted by Gasteiger charge is 2.27. The summed E-state index contributed by atoms with van der Waals surface area (Å²) in [5.41, 5.74) is 2.58. The fourth-order valence-electron chi connectivity index (χ4n) is 4.05. The molecule has 0 aromatic carbocycles. The van der Waals surface area contributed by atoms with E-state index in [4.69, 9.17) is 4.74 Å². The van der Waals surface area contributed by atoms with E-state index < -0.39 is 0 Å². The molecule has 1 saturated heterocycles. The van der Waals surface area contributed by atoms with Crippen LogP contribution < -0.4 is 4.90 Å². The van der Waals surface area contributed by atoms with Crippen molar-refractivity contribution in [2.75, 3.05) is 45.9 Å². The maximum atomic E-state index is 13.4. The summed E-state index contributed by atoms with van der Waals surface area (Å²) in [7, 11) is 1.91. The van der Waals surface area contributed by atoms with Gasteiger partial charge in [0.25, 0.3) is 5.91 Å². The van der Waals surface area contributed by atoms with Crippen LogP contribution in [-0.4, -0.2) is 66.5 Å². The Labute approximate surface area is 156 Å². The highest BCUT2D eigenvalue weighted by Crippen LogP contribution is 2.21. The van der Waals surface area contributed by atoms with Gasteiger partial charge in [-0.3, -0.25) is 9.48 Å². The Hall–Kier alpha value is -1.66. The summed E-state index contributed by atoms with van der Waals surface area (Å²) in [5.74, 6) is 0.719. The molecular weight excluding hydrogens is 328 g/mol. The number of rotatable bonds is 6. The van der Waals surface area contributed by atoms with Crippen molar-refractivity contribution < 1.29 is 14.4 Å². The van der Waals surface area contributed by atoms with Gasteiger partial charge in [0.05, 0.1) is 37.6 Å². The third-order valence-electron chi connectivity index (χ3n) is 5.80. The Kier molecular flexibility index (Phi) is 6.48. The number of amides is 1. The lowest BCUT2D eigenvalue weighted by atomic mass is 9.93. The number of aromatic nitrogens is 2. The van der Waals surface area contributed by atoms with Crippen LogP contribution >= 0.6 is 0 Å². The van der Waals surface area contributed by atoms with E-state index in [0.717, 1.165) is 75.7 Å². The molecule has 1 aromatic heterocycles. The van der Waals surface area contributed by atoms with Crippen molar-refractivity contribution in [1.82, 2.24) is 14.7 Å². The number of quaternary nitrogens is 1. The van der Waals surface area contributed by atoms with Crippen LogP contribution in [0, 0.1) is 19.8 Å². The summed E-state index contributed by atoms with van der Waals surface area (Å²) in [5, 5.41) is 4.45. The van der Waals surface area contributed by atoms with Crippen LogP contribution in [0.25, 0.3) is 0 Å². The van der Waals surface area contributed by atoms with Gasteiger partial charge in [-0.1, -0.05) is 12.2 Å². The molecule has 0 spiro atoms. The Bertz CT molecular complexity index is 646. The van der Waals surface area contributed by atoms with Gasteiger partial charge in [0.2, 0.25) is 0 Å². The zero-order valence-corrected chi connectivity index (χ0v) is 16.5. The molecule has 0 radical (unpaired) electrons. The van der Waals surface area contributed by atoms with Crippen molar-refractivity contribution in [3.05, 3.63) is 29.1 Å². The minimum atomic E-state index is 0.148. The zero-order chi connectivity index (χ0) is 18.5. The number of morpholine rings is 1. The van der Waals surface area contributed by atoms with Gasteiger partial charge in [-0.15, -0.1) is 0 Å². The molecule has 1 atom stereocenters. The molecule has 1 aromatic rings. The van der Waals surface area contributed by atoms with Crippen LogP contribution in [0.2, 0.25) is 0 Å². The summed E-state index contributed by atoms with van der Waals surface area (Å²) in [6.07, 6.45) is 7.92. The van der Waals surface area contributed by atoms with E-state index >= 15 is 0 Å². The molecule has 1 aliphatic heterocycles. The minimum absolute atomic E-state index is 0.148. The number of aryl methyl sites for hydroxylation is 2. The van der Waals surface area contributed by atoms with Crippen molar-refractivity contribution in [1.29, 1.82) is 0 Å². The molecule has 144 valence electrons. The van der Waals surface area contributed by atoms with Gasteiger partial charge in [-0.2, -0.15) is 5.10 Å². The van der Waals surface area contributed by atoms with Crippen molar-refractivity contribution in [2.24, 2.45) is 13.0 Å². The van der Waals surface area contributed by atoms with E-state index in [2.05, 4.69) is 22.2 Å². The molecule has 0 saturated carbocycles. The van der Waals surface area contributed by atoms with Crippen LogP contribution in [0.3, 0.4) is 0 Å². The average molecular weight is 362 g/mol. The average Bonchev–Trinajstić information content (AvgIpc) is 2.91. The number of carbonyl (C=O) groups excluding carboxylic acids is 1. The van der Waals surface area contributed by atoms with E-state index in [1.807, 2.05) is 25.6 Å². The summed E-state index contributed by atoms with van der Waals surface area (Å²) in [4.78, 5) is 17.0. The fourth-order valence-corrected chi connectivity index (χ4v) is 4.05. The summed E-state index contributed by atoms with van der Waals surface area (Å²) >= 11 is 0. The first-order chi connectivity index (χ1) is 12.6. The van der Waals surface area contributed by atoms with Crippen molar-refractivity contribution in [3.63, 3.8) is 0 Å². The number of nitrogens with zero attached hydrogens (tertiary/aromatic N) is 3. The molecule has 0 bridgehead atoms. The molecule has 6 nitrogen and oxygen atoms in total. The predicted octanol–water partition coefficient (Wildman–Crippen LogP) is 0.751. The Morgan fingerprint density at radius 3 is 2.73 bits per heavy atom. The summed E-state index contributed by atoms with van der Waals surface area (Å²) in [6, 6.07) is 0. The van der Waals surface area contributed by atoms with Gasteiger partial charge < -0.3 is 14.5 Å². The van der Waals surface area contributed by atoms with Crippen molar-refractivity contribution in [2.45, 2.75) is 33.1 Å². The van der Waals surface area contributed by atoms with Gasteiger partial charge in [0.1, 0.15) is 13.1 Å². The number of nitrogens with one attached hydrogen (secondary N) is 1. The number of ether oxygens (including phenoxy) is 1. The van der Waals surface area contributed by atoms with Crippen molar-refractivity contribution in [3.8, 4) is 0 Å². The quantitative estimate of drug-likeness (QED) is 0.761. The molecule has 0 unspecified atom stereocenters. The van der Waals surface area contributed by atoms with E-state index in [1.165, 1.54) is 11.3 Å². The topological polar surface area (TPSA) is 51.8 Å². The first-order valence-electron chi connectivity index (χ1n) is 9.92. The Balaban J connectivity index is 1.72. The van der Waals surface area contributed by atoms with E-state index in [1.54, 1.807) is 0 Å². The molecule has 2 aliphatic rings. The van der Waals surface area contributed by atoms with E-state index in [-0.39, 0.29) is 5.91 Å². The van der Waals surface area contributed by atoms with Gasteiger partial charge >= 0.3 is 0 Å². The molecule has 6 heteroatoms. The molecule has 3 rings (SSSR count). The van der Waals surface area contributed by atoms with Crippen LogP contribution in [0.4, 0.5) is 0 Å². The number of hydrogen-bond acceptors (Lipinski definition) is 3. The third-order valence-corrected chi connectivity index (χ3v) is 5.80. The molecular formula is C20H33N4O2+.